The molecule has 0 aliphatic heterocycles. The van der Waals surface area contributed by atoms with Gasteiger partial charge >= 0.3 is 11.2 Å². The van der Waals surface area contributed by atoms with Crippen molar-refractivity contribution in [3.05, 3.63) is 73.2 Å². The Balaban J connectivity index is 2.77. The molecular formula is C11H7N3O5. The number of hydrogen-bond donors (Lipinski definition) is 0. The lowest BCUT2D eigenvalue weighted by Crippen LogP contribution is -2.21. The van der Waals surface area contributed by atoms with E-state index >= 15 is 0 Å². The Morgan fingerprint density at radius 3 is 2.16 bits per heavy atom. The van der Waals surface area contributed by atoms with E-state index in [1.165, 1.54) is 12.1 Å². The third-order valence-electron chi connectivity index (χ3n) is 2.43. The van der Waals surface area contributed by atoms with Crippen LogP contribution >= 0.6 is 0 Å². The normalized spacial score (nSPS) is 10.1. The molecule has 0 amide bonds. The zero-order valence-corrected chi connectivity index (χ0v) is 9.42. The molecule has 0 aliphatic carbocycles. The zero-order chi connectivity index (χ0) is 14.0. The molecule has 2 rings (SSSR count). The zero-order valence-electron chi connectivity index (χ0n) is 9.42. The second kappa shape index (κ2) is 4.69. The summed E-state index contributed by atoms with van der Waals surface area (Å²) in [5.74, 6) is 0. The fourth-order valence-corrected chi connectivity index (χ4v) is 1.56. The highest BCUT2D eigenvalue weighted by atomic mass is 16.6. The topological polar surface area (TPSA) is 108 Å². The van der Waals surface area contributed by atoms with E-state index in [4.69, 9.17) is 0 Å². The van der Waals surface area contributed by atoms with Gasteiger partial charge in [-0.2, -0.15) is 0 Å². The Kier molecular flexibility index (Phi) is 3.06. The van der Waals surface area contributed by atoms with Crippen LogP contribution in [0.15, 0.2) is 47.4 Å². The van der Waals surface area contributed by atoms with Crippen molar-refractivity contribution in [1.82, 2.24) is 4.57 Å². The van der Waals surface area contributed by atoms with E-state index in [-0.39, 0.29) is 0 Å². The van der Waals surface area contributed by atoms with Gasteiger partial charge in [-0.25, -0.2) is 0 Å². The van der Waals surface area contributed by atoms with Gasteiger partial charge in [0, 0.05) is 5.69 Å². The fraction of sp³-hybridized carbons (Fsp3) is 0. The molecule has 8 heteroatoms. The molecule has 1 heterocycles. The van der Waals surface area contributed by atoms with Gasteiger partial charge in [-0.3, -0.25) is 29.6 Å². The number of pyridine rings is 1. The Morgan fingerprint density at radius 2 is 1.63 bits per heavy atom. The monoisotopic (exact) mass is 261 g/mol. The van der Waals surface area contributed by atoms with Crippen molar-refractivity contribution < 1.29 is 9.85 Å². The van der Waals surface area contributed by atoms with Gasteiger partial charge in [0.05, 0.1) is 16.0 Å². The van der Waals surface area contributed by atoms with Crippen molar-refractivity contribution >= 4 is 11.4 Å². The van der Waals surface area contributed by atoms with E-state index in [1.54, 1.807) is 18.2 Å². The molecule has 1 aromatic heterocycles. The standard InChI is InChI=1S/C11H7N3O5/c15-11-10(14(18)19)6-9(13(16)17)7-12(11)8-4-2-1-3-5-8/h1-7H. The molecule has 0 fully saturated rings. The molecular weight excluding hydrogens is 254 g/mol. The molecule has 0 N–H and O–H groups in total. The van der Waals surface area contributed by atoms with E-state index < -0.39 is 26.8 Å². The summed E-state index contributed by atoms with van der Waals surface area (Å²) in [4.78, 5) is 31.7. The third kappa shape index (κ3) is 2.32. The Hall–Kier alpha value is -3.03. The fourth-order valence-electron chi connectivity index (χ4n) is 1.56. The van der Waals surface area contributed by atoms with Gasteiger partial charge in [-0.15, -0.1) is 0 Å². The first-order valence-electron chi connectivity index (χ1n) is 5.11. The van der Waals surface area contributed by atoms with Gasteiger partial charge in [-0.1, -0.05) is 18.2 Å². The van der Waals surface area contributed by atoms with Crippen molar-refractivity contribution in [3.63, 3.8) is 0 Å². The number of benzene rings is 1. The maximum absolute atomic E-state index is 11.9. The van der Waals surface area contributed by atoms with Gasteiger partial charge in [0.1, 0.15) is 6.07 Å². The second-order valence-corrected chi connectivity index (χ2v) is 3.61. The van der Waals surface area contributed by atoms with Crippen LogP contribution < -0.4 is 5.56 Å². The van der Waals surface area contributed by atoms with Crippen molar-refractivity contribution in [2.24, 2.45) is 0 Å². The minimum atomic E-state index is -0.936. The van der Waals surface area contributed by atoms with Gasteiger partial charge in [0.15, 0.2) is 0 Å². The van der Waals surface area contributed by atoms with Crippen LogP contribution in [-0.4, -0.2) is 14.4 Å². The van der Waals surface area contributed by atoms with E-state index in [0.29, 0.717) is 11.8 Å². The highest BCUT2D eigenvalue weighted by molar-refractivity contribution is 5.44. The lowest BCUT2D eigenvalue weighted by Gasteiger charge is -2.04. The van der Waals surface area contributed by atoms with Crippen LogP contribution in [-0.2, 0) is 0 Å². The second-order valence-electron chi connectivity index (χ2n) is 3.61. The van der Waals surface area contributed by atoms with Crippen molar-refractivity contribution in [1.29, 1.82) is 0 Å². The maximum Gasteiger partial charge on any atom is 0.341 e. The van der Waals surface area contributed by atoms with Gasteiger partial charge < -0.3 is 0 Å². The molecule has 0 saturated heterocycles. The van der Waals surface area contributed by atoms with Gasteiger partial charge in [0.2, 0.25) is 0 Å². The average molecular weight is 261 g/mol. The van der Waals surface area contributed by atoms with Gasteiger partial charge in [-0.05, 0) is 12.1 Å². The first kappa shape index (κ1) is 12.4. The molecule has 1 aromatic carbocycles. The molecule has 0 saturated carbocycles. The molecule has 96 valence electrons. The maximum atomic E-state index is 11.9. The SMILES string of the molecule is O=c1c([N+](=O)[O-])cc([N+](=O)[O-])cn1-c1ccccc1. The molecule has 2 aromatic rings. The van der Waals surface area contributed by atoms with Crippen LogP contribution in [0.5, 0.6) is 0 Å². The summed E-state index contributed by atoms with van der Waals surface area (Å²) in [6.07, 6.45) is 0.963. The van der Waals surface area contributed by atoms with E-state index in [2.05, 4.69) is 0 Å². The molecule has 0 radical (unpaired) electrons. The predicted octanol–water partition coefficient (Wildman–Crippen LogP) is 1.65. The minimum Gasteiger partial charge on any atom is -0.272 e. The van der Waals surface area contributed by atoms with Crippen molar-refractivity contribution in [2.45, 2.75) is 0 Å². The van der Waals surface area contributed by atoms with E-state index in [9.17, 15) is 25.0 Å². The molecule has 0 atom stereocenters. The summed E-state index contributed by atoms with van der Waals surface area (Å²) in [5, 5.41) is 21.5. The average Bonchev–Trinajstić information content (AvgIpc) is 2.39. The number of para-hydroxylation sites is 1. The van der Waals surface area contributed by atoms with Gasteiger partial charge in [0.25, 0.3) is 5.69 Å². The number of nitro groups is 2. The molecule has 0 bridgehead atoms. The molecule has 0 spiro atoms. The number of aromatic nitrogens is 1. The summed E-state index contributed by atoms with van der Waals surface area (Å²) in [5.41, 5.74) is -1.95. The van der Waals surface area contributed by atoms with Crippen molar-refractivity contribution in [2.75, 3.05) is 0 Å². The Morgan fingerprint density at radius 1 is 1.00 bits per heavy atom. The molecule has 19 heavy (non-hydrogen) atoms. The van der Waals surface area contributed by atoms with Crippen LogP contribution in [0.4, 0.5) is 11.4 Å². The van der Waals surface area contributed by atoms with Crippen LogP contribution in [0, 0.1) is 20.2 Å². The minimum absolute atomic E-state index is 0.319. The quantitative estimate of drug-likeness (QED) is 0.616. The third-order valence-corrected chi connectivity index (χ3v) is 2.43. The lowest BCUT2D eigenvalue weighted by molar-refractivity contribution is -0.395. The Bertz CT molecular complexity index is 708. The van der Waals surface area contributed by atoms with E-state index in [1.807, 2.05) is 0 Å². The highest BCUT2D eigenvalue weighted by Crippen LogP contribution is 2.17. The lowest BCUT2D eigenvalue weighted by atomic mass is 10.3. The van der Waals surface area contributed by atoms with Crippen LogP contribution in [0.2, 0.25) is 0 Å². The predicted molar refractivity (Wildman–Crippen MR) is 65.3 cm³/mol. The van der Waals surface area contributed by atoms with E-state index in [0.717, 1.165) is 10.8 Å². The summed E-state index contributed by atoms with van der Waals surface area (Å²) in [7, 11) is 0. The van der Waals surface area contributed by atoms with Crippen LogP contribution in [0.1, 0.15) is 0 Å². The summed E-state index contributed by atoms with van der Waals surface area (Å²) in [6, 6.07) is 8.63. The highest BCUT2D eigenvalue weighted by Gasteiger charge is 2.22. The number of rotatable bonds is 3. The molecule has 8 nitrogen and oxygen atoms in total. The largest absolute Gasteiger partial charge is 0.341 e. The first-order chi connectivity index (χ1) is 9.00. The summed E-state index contributed by atoms with van der Waals surface area (Å²) in [6.45, 7) is 0. The smallest absolute Gasteiger partial charge is 0.272 e. The molecule has 0 unspecified atom stereocenters. The summed E-state index contributed by atoms with van der Waals surface area (Å²) >= 11 is 0. The number of hydrogen-bond acceptors (Lipinski definition) is 5. The van der Waals surface area contributed by atoms with Crippen molar-refractivity contribution in [3.8, 4) is 5.69 Å². The summed E-state index contributed by atoms with van der Waals surface area (Å²) < 4.78 is 0.885. The molecule has 0 aliphatic rings. The van der Waals surface area contributed by atoms with Crippen LogP contribution in [0.3, 0.4) is 0 Å². The Labute approximate surface area is 105 Å². The van der Waals surface area contributed by atoms with Crippen LogP contribution in [0.25, 0.3) is 5.69 Å². The number of nitrogens with zero attached hydrogens (tertiary/aromatic N) is 3. The first-order valence-corrected chi connectivity index (χ1v) is 5.11.